The van der Waals surface area contributed by atoms with E-state index in [2.05, 4.69) is 10.5 Å². The van der Waals surface area contributed by atoms with E-state index in [0.717, 1.165) is 16.0 Å². The lowest BCUT2D eigenvalue weighted by molar-refractivity contribution is 0.0955. The predicted octanol–water partition coefficient (Wildman–Crippen LogP) is 5.58. The monoisotopic (exact) mass is 545 g/mol. The number of anilines is 1. The molecule has 0 saturated heterocycles. The zero-order valence-electron chi connectivity index (χ0n) is 20.9. The molecule has 4 aromatic carbocycles. The highest BCUT2D eigenvalue weighted by molar-refractivity contribution is 7.98. The summed E-state index contributed by atoms with van der Waals surface area (Å²) >= 11 is 1.64. The van der Waals surface area contributed by atoms with Crippen LogP contribution in [-0.4, -0.2) is 33.9 Å². The minimum absolute atomic E-state index is 0.0323. The third-order valence-corrected chi connectivity index (χ3v) is 8.25. The van der Waals surface area contributed by atoms with Crippen LogP contribution in [0.1, 0.15) is 21.5 Å². The van der Waals surface area contributed by atoms with Crippen molar-refractivity contribution in [2.45, 2.75) is 16.3 Å². The quantitative estimate of drug-likeness (QED) is 0.160. The molecule has 9 heteroatoms. The first kappa shape index (κ1) is 27.0. The number of rotatable bonds is 10. The minimum Gasteiger partial charge on any atom is -0.497 e. The molecular formula is C29H27N3O4S2. The molecule has 0 heterocycles. The molecule has 0 saturated carbocycles. The number of nitrogens with one attached hydrogen (secondary N) is 1. The number of hydrogen-bond acceptors (Lipinski definition) is 6. The fourth-order valence-corrected chi connectivity index (χ4v) is 5.60. The van der Waals surface area contributed by atoms with Crippen molar-refractivity contribution >= 4 is 39.6 Å². The molecule has 4 rings (SSSR count). The van der Waals surface area contributed by atoms with Crippen molar-refractivity contribution in [2.24, 2.45) is 5.10 Å². The number of benzene rings is 4. The average molecular weight is 546 g/mol. The van der Waals surface area contributed by atoms with Gasteiger partial charge in [0.1, 0.15) is 5.75 Å². The number of methoxy groups -OCH3 is 1. The van der Waals surface area contributed by atoms with Crippen LogP contribution in [0.3, 0.4) is 0 Å². The second kappa shape index (κ2) is 12.4. The number of para-hydroxylation sites is 1. The summed E-state index contributed by atoms with van der Waals surface area (Å²) in [6.07, 6.45) is 3.54. The molecule has 4 aromatic rings. The Hall–Kier alpha value is -4.08. The van der Waals surface area contributed by atoms with Gasteiger partial charge in [-0.1, -0.05) is 54.6 Å². The maximum atomic E-state index is 13.9. The first-order valence-electron chi connectivity index (χ1n) is 11.7. The summed E-state index contributed by atoms with van der Waals surface area (Å²) in [5, 5.41) is 4.08. The normalized spacial score (nSPS) is 11.3. The summed E-state index contributed by atoms with van der Waals surface area (Å²) in [6.45, 7) is 0.0323. The molecule has 0 atom stereocenters. The Bertz CT molecular complexity index is 1510. The van der Waals surface area contributed by atoms with E-state index in [4.69, 9.17) is 4.74 Å². The van der Waals surface area contributed by atoms with Crippen LogP contribution in [0.4, 0.5) is 5.69 Å². The molecular weight excluding hydrogens is 518 g/mol. The van der Waals surface area contributed by atoms with Gasteiger partial charge in [-0.2, -0.15) is 5.10 Å². The molecule has 0 aliphatic heterocycles. The maximum Gasteiger partial charge on any atom is 0.273 e. The molecule has 0 aliphatic carbocycles. The lowest BCUT2D eigenvalue weighted by Gasteiger charge is -2.26. The summed E-state index contributed by atoms with van der Waals surface area (Å²) < 4.78 is 34.2. The van der Waals surface area contributed by atoms with Crippen molar-refractivity contribution in [1.82, 2.24) is 5.43 Å². The van der Waals surface area contributed by atoms with E-state index in [9.17, 15) is 13.2 Å². The van der Waals surface area contributed by atoms with Crippen LogP contribution < -0.4 is 14.5 Å². The van der Waals surface area contributed by atoms with Gasteiger partial charge in [-0.25, -0.2) is 13.8 Å². The number of hydrogen-bond donors (Lipinski definition) is 1. The smallest absolute Gasteiger partial charge is 0.273 e. The Balaban J connectivity index is 1.67. The Labute approximate surface area is 227 Å². The summed E-state index contributed by atoms with van der Waals surface area (Å²) in [6, 6.07) is 29.7. The summed E-state index contributed by atoms with van der Waals surface area (Å²) in [5.41, 5.74) is 4.54. The Kier molecular flexibility index (Phi) is 8.83. The van der Waals surface area contributed by atoms with E-state index in [1.807, 2.05) is 60.9 Å². The predicted molar refractivity (Wildman–Crippen MR) is 153 cm³/mol. The van der Waals surface area contributed by atoms with E-state index in [0.29, 0.717) is 5.75 Å². The summed E-state index contributed by atoms with van der Waals surface area (Å²) in [5.74, 6) is 0.0138. The molecule has 0 bridgehead atoms. The van der Waals surface area contributed by atoms with Gasteiger partial charge in [-0.05, 0) is 65.9 Å². The molecule has 1 N–H and O–H groups in total. The lowest BCUT2D eigenvalue weighted by atomic mass is 10.1. The first-order valence-corrected chi connectivity index (χ1v) is 14.4. The van der Waals surface area contributed by atoms with E-state index >= 15 is 0 Å². The topological polar surface area (TPSA) is 88.1 Å². The largest absolute Gasteiger partial charge is 0.497 e. The number of nitrogens with zero attached hydrogens (tertiary/aromatic N) is 2. The number of carbonyl (C=O) groups excluding carboxylic acids is 1. The van der Waals surface area contributed by atoms with Gasteiger partial charge in [0, 0.05) is 4.90 Å². The van der Waals surface area contributed by atoms with E-state index in [1.54, 1.807) is 54.4 Å². The van der Waals surface area contributed by atoms with Crippen LogP contribution in [0.15, 0.2) is 118 Å². The highest BCUT2D eigenvalue weighted by atomic mass is 32.2. The molecule has 0 radical (unpaired) electrons. The molecule has 0 aliphatic rings. The fraction of sp³-hybridized carbons (Fsp3) is 0.103. The molecule has 0 spiro atoms. The fourth-order valence-electron chi connectivity index (χ4n) is 3.72. The highest BCUT2D eigenvalue weighted by Gasteiger charge is 2.28. The standard InChI is InChI=1S/C29H27N3O4S2/c1-36-24-14-18-26(19-15-24)38(34,35)32(21-23-8-4-3-5-9-23)28-11-7-6-10-27(28)29(33)31-30-20-22-12-16-25(37-2)17-13-22/h3-20H,21H2,1-2H3,(H,31,33)/b30-20-. The molecule has 38 heavy (non-hydrogen) atoms. The number of hydrazone groups is 1. The van der Waals surface area contributed by atoms with Gasteiger partial charge >= 0.3 is 0 Å². The average Bonchev–Trinajstić information content (AvgIpc) is 2.96. The van der Waals surface area contributed by atoms with Gasteiger partial charge in [-0.15, -0.1) is 11.8 Å². The second-order valence-electron chi connectivity index (χ2n) is 8.16. The van der Waals surface area contributed by atoms with Crippen molar-refractivity contribution in [3.05, 3.63) is 120 Å². The molecule has 7 nitrogen and oxygen atoms in total. The number of thioether (sulfide) groups is 1. The van der Waals surface area contributed by atoms with Crippen molar-refractivity contribution in [1.29, 1.82) is 0 Å². The summed E-state index contributed by atoms with van der Waals surface area (Å²) in [4.78, 5) is 14.4. The van der Waals surface area contributed by atoms with Crippen LogP contribution in [0.25, 0.3) is 0 Å². The summed E-state index contributed by atoms with van der Waals surface area (Å²) in [7, 11) is -2.53. The van der Waals surface area contributed by atoms with Gasteiger partial charge in [0.2, 0.25) is 0 Å². The minimum atomic E-state index is -4.05. The second-order valence-corrected chi connectivity index (χ2v) is 10.9. The zero-order valence-corrected chi connectivity index (χ0v) is 22.6. The number of carbonyl (C=O) groups is 1. The molecule has 194 valence electrons. The van der Waals surface area contributed by atoms with E-state index < -0.39 is 15.9 Å². The lowest BCUT2D eigenvalue weighted by Crippen LogP contribution is -2.33. The SMILES string of the molecule is COc1ccc(S(=O)(=O)N(Cc2ccccc2)c2ccccc2C(=O)N/N=C\c2ccc(SC)cc2)cc1. The highest BCUT2D eigenvalue weighted by Crippen LogP contribution is 2.30. The van der Waals surface area contributed by atoms with Crippen molar-refractivity contribution in [3.63, 3.8) is 0 Å². The van der Waals surface area contributed by atoms with Gasteiger partial charge in [0.05, 0.1) is 36.0 Å². The third-order valence-electron chi connectivity index (χ3n) is 5.73. The van der Waals surface area contributed by atoms with Gasteiger partial charge in [0.15, 0.2) is 0 Å². The van der Waals surface area contributed by atoms with E-state index in [1.165, 1.54) is 23.5 Å². The number of ether oxygens (including phenoxy) is 1. The van der Waals surface area contributed by atoms with Crippen LogP contribution in [0.5, 0.6) is 5.75 Å². The molecule has 0 aromatic heterocycles. The van der Waals surface area contributed by atoms with Gasteiger partial charge in [0.25, 0.3) is 15.9 Å². The van der Waals surface area contributed by atoms with Crippen molar-refractivity contribution in [2.75, 3.05) is 17.7 Å². The van der Waals surface area contributed by atoms with Gasteiger partial charge < -0.3 is 4.74 Å². The molecule has 0 fully saturated rings. The Morgan fingerprint density at radius 3 is 2.24 bits per heavy atom. The van der Waals surface area contributed by atoms with Crippen molar-refractivity contribution < 1.29 is 17.9 Å². The Morgan fingerprint density at radius 1 is 0.921 bits per heavy atom. The molecule has 0 unspecified atom stereocenters. The van der Waals surface area contributed by atoms with Crippen LogP contribution in [0, 0.1) is 0 Å². The number of amides is 1. The first-order chi connectivity index (χ1) is 18.4. The van der Waals surface area contributed by atoms with Crippen molar-refractivity contribution in [3.8, 4) is 5.75 Å². The maximum absolute atomic E-state index is 13.9. The molecule has 1 amide bonds. The number of sulfonamides is 1. The van der Waals surface area contributed by atoms with Crippen LogP contribution >= 0.6 is 11.8 Å². The van der Waals surface area contributed by atoms with Gasteiger partial charge in [-0.3, -0.25) is 9.10 Å². The van der Waals surface area contributed by atoms with Crippen LogP contribution in [0.2, 0.25) is 0 Å². The third kappa shape index (κ3) is 6.42. The van der Waals surface area contributed by atoms with Crippen LogP contribution in [-0.2, 0) is 16.6 Å². The van der Waals surface area contributed by atoms with E-state index in [-0.39, 0.29) is 22.7 Å². The Morgan fingerprint density at radius 2 is 1.58 bits per heavy atom. The zero-order chi connectivity index (χ0) is 27.0.